The van der Waals surface area contributed by atoms with Crippen LogP contribution in [0.5, 0.6) is 5.75 Å². The van der Waals surface area contributed by atoms with E-state index in [4.69, 9.17) is 14.2 Å². The average Bonchev–Trinajstić information content (AvgIpc) is 2.51. The lowest BCUT2D eigenvalue weighted by Gasteiger charge is -2.21. The molecule has 1 aromatic carbocycles. The average molecular weight is 295 g/mol. The summed E-state index contributed by atoms with van der Waals surface area (Å²) in [5.41, 5.74) is 1.21. The van der Waals surface area contributed by atoms with Crippen LogP contribution in [0, 0.1) is 0 Å². The van der Waals surface area contributed by atoms with Gasteiger partial charge in [-0.25, -0.2) is 0 Å². The van der Waals surface area contributed by atoms with Gasteiger partial charge in [0.1, 0.15) is 5.75 Å². The molecule has 0 saturated heterocycles. The Bertz CT molecular complexity index is 371. The third-order valence-corrected chi connectivity index (χ3v) is 3.22. The van der Waals surface area contributed by atoms with Gasteiger partial charge in [0.15, 0.2) is 0 Å². The molecular weight excluding hydrogens is 266 g/mol. The Kier molecular flexibility index (Phi) is 9.87. The first-order chi connectivity index (χ1) is 10.3. The highest BCUT2D eigenvalue weighted by Gasteiger charge is 2.15. The normalized spacial score (nSPS) is 12.3. The molecule has 21 heavy (non-hydrogen) atoms. The summed E-state index contributed by atoms with van der Waals surface area (Å²) in [5.74, 6) is 0.963. The van der Waals surface area contributed by atoms with Gasteiger partial charge in [0, 0.05) is 25.3 Å². The van der Waals surface area contributed by atoms with Gasteiger partial charge in [0.25, 0.3) is 0 Å². The SMILES string of the molecule is CCCNC(CCOCCOC)c1ccccc1OCC. The smallest absolute Gasteiger partial charge is 0.124 e. The molecular formula is C17H29NO3. The van der Waals surface area contributed by atoms with Crippen molar-refractivity contribution in [1.82, 2.24) is 5.32 Å². The number of rotatable bonds is 12. The van der Waals surface area contributed by atoms with Crippen LogP contribution in [0.1, 0.15) is 38.3 Å². The number of ether oxygens (including phenoxy) is 3. The Balaban J connectivity index is 2.63. The van der Waals surface area contributed by atoms with Gasteiger partial charge in [-0.2, -0.15) is 0 Å². The number of hydrogen-bond donors (Lipinski definition) is 1. The van der Waals surface area contributed by atoms with Crippen LogP contribution in [0.15, 0.2) is 24.3 Å². The third kappa shape index (κ3) is 6.93. The zero-order valence-electron chi connectivity index (χ0n) is 13.6. The molecule has 0 spiro atoms. The molecule has 0 saturated carbocycles. The third-order valence-electron chi connectivity index (χ3n) is 3.22. The van der Waals surface area contributed by atoms with E-state index in [0.717, 1.165) is 25.1 Å². The van der Waals surface area contributed by atoms with Crippen molar-refractivity contribution in [1.29, 1.82) is 0 Å². The van der Waals surface area contributed by atoms with Gasteiger partial charge in [-0.15, -0.1) is 0 Å². The largest absolute Gasteiger partial charge is 0.494 e. The number of hydrogen-bond acceptors (Lipinski definition) is 4. The van der Waals surface area contributed by atoms with E-state index in [-0.39, 0.29) is 6.04 Å². The van der Waals surface area contributed by atoms with Gasteiger partial charge in [0.2, 0.25) is 0 Å². The molecule has 1 unspecified atom stereocenters. The van der Waals surface area contributed by atoms with Crippen molar-refractivity contribution in [3.8, 4) is 5.75 Å². The van der Waals surface area contributed by atoms with Gasteiger partial charge in [-0.3, -0.25) is 0 Å². The van der Waals surface area contributed by atoms with Crippen molar-refractivity contribution in [3.05, 3.63) is 29.8 Å². The number of methoxy groups -OCH3 is 1. The van der Waals surface area contributed by atoms with Gasteiger partial charge in [-0.05, 0) is 32.4 Å². The van der Waals surface area contributed by atoms with E-state index in [1.165, 1.54) is 5.56 Å². The summed E-state index contributed by atoms with van der Waals surface area (Å²) in [6, 6.07) is 8.50. The lowest BCUT2D eigenvalue weighted by Crippen LogP contribution is -2.24. The summed E-state index contributed by atoms with van der Waals surface area (Å²) in [5, 5.41) is 3.58. The van der Waals surface area contributed by atoms with Gasteiger partial charge >= 0.3 is 0 Å². The number of nitrogens with one attached hydrogen (secondary N) is 1. The minimum Gasteiger partial charge on any atom is -0.494 e. The highest BCUT2D eigenvalue weighted by atomic mass is 16.5. The zero-order valence-corrected chi connectivity index (χ0v) is 13.6. The standard InChI is InChI=1S/C17H29NO3/c1-4-11-18-16(10-12-20-14-13-19-3)15-8-6-7-9-17(15)21-5-2/h6-9,16,18H,4-5,10-14H2,1-3H3. The molecule has 0 radical (unpaired) electrons. The van der Waals surface area contributed by atoms with Crippen molar-refractivity contribution in [2.24, 2.45) is 0 Å². The molecule has 0 aliphatic carbocycles. The van der Waals surface area contributed by atoms with Crippen molar-refractivity contribution in [2.75, 3.05) is 40.1 Å². The highest BCUT2D eigenvalue weighted by molar-refractivity contribution is 5.36. The maximum absolute atomic E-state index is 5.74. The monoisotopic (exact) mass is 295 g/mol. The summed E-state index contributed by atoms with van der Waals surface area (Å²) in [4.78, 5) is 0. The molecule has 0 heterocycles. The molecule has 0 fully saturated rings. The van der Waals surface area contributed by atoms with Crippen LogP contribution < -0.4 is 10.1 Å². The second-order valence-electron chi connectivity index (χ2n) is 4.87. The van der Waals surface area contributed by atoms with E-state index in [1.807, 2.05) is 19.1 Å². The van der Waals surface area contributed by atoms with Crippen LogP contribution >= 0.6 is 0 Å². The second-order valence-corrected chi connectivity index (χ2v) is 4.87. The minimum atomic E-state index is 0.259. The molecule has 4 nitrogen and oxygen atoms in total. The molecule has 0 aliphatic rings. The Morgan fingerprint density at radius 3 is 2.62 bits per heavy atom. The van der Waals surface area contributed by atoms with Crippen molar-refractivity contribution in [3.63, 3.8) is 0 Å². The Morgan fingerprint density at radius 1 is 1.10 bits per heavy atom. The van der Waals surface area contributed by atoms with E-state index < -0.39 is 0 Å². The summed E-state index contributed by atoms with van der Waals surface area (Å²) in [6.45, 7) is 7.86. The molecule has 1 aromatic rings. The van der Waals surface area contributed by atoms with E-state index in [1.54, 1.807) is 7.11 Å². The van der Waals surface area contributed by atoms with E-state index in [9.17, 15) is 0 Å². The van der Waals surface area contributed by atoms with Crippen LogP contribution in [0.25, 0.3) is 0 Å². The van der Waals surface area contributed by atoms with Crippen LogP contribution in [0.3, 0.4) is 0 Å². The predicted octanol–water partition coefficient (Wildman–Crippen LogP) is 3.18. The molecule has 0 aromatic heterocycles. The summed E-state index contributed by atoms with van der Waals surface area (Å²) < 4.78 is 16.3. The van der Waals surface area contributed by atoms with Crippen molar-refractivity contribution < 1.29 is 14.2 Å². The first-order valence-electron chi connectivity index (χ1n) is 7.85. The van der Waals surface area contributed by atoms with Crippen LogP contribution in [-0.4, -0.2) is 40.1 Å². The first-order valence-corrected chi connectivity index (χ1v) is 7.85. The predicted molar refractivity (Wildman–Crippen MR) is 86.0 cm³/mol. The zero-order chi connectivity index (χ0) is 15.3. The Hall–Kier alpha value is -1.10. The number of benzene rings is 1. The molecule has 0 aliphatic heterocycles. The van der Waals surface area contributed by atoms with E-state index in [2.05, 4.69) is 24.4 Å². The fourth-order valence-corrected chi connectivity index (χ4v) is 2.19. The molecule has 4 heteroatoms. The quantitative estimate of drug-likeness (QED) is 0.601. The second kappa shape index (κ2) is 11.5. The van der Waals surface area contributed by atoms with Crippen LogP contribution in [-0.2, 0) is 9.47 Å². The molecule has 120 valence electrons. The summed E-state index contributed by atoms with van der Waals surface area (Å²) >= 11 is 0. The number of para-hydroxylation sites is 1. The summed E-state index contributed by atoms with van der Waals surface area (Å²) in [6.07, 6.45) is 2.03. The summed E-state index contributed by atoms with van der Waals surface area (Å²) in [7, 11) is 1.69. The highest BCUT2D eigenvalue weighted by Crippen LogP contribution is 2.27. The fourth-order valence-electron chi connectivity index (χ4n) is 2.19. The Labute approximate surface area is 128 Å². The van der Waals surface area contributed by atoms with E-state index >= 15 is 0 Å². The van der Waals surface area contributed by atoms with Crippen molar-refractivity contribution >= 4 is 0 Å². The molecule has 1 atom stereocenters. The van der Waals surface area contributed by atoms with Crippen LogP contribution in [0.2, 0.25) is 0 Å². The van der Waals surface area contributed by atoms with E-state index in [0.29, 0.717) is 26.4 Å². The fraction of sp³-hybridized carbons (Fsp3) is 0.647. The maximum Gasteiger partial charge on any atom is 0.124 e. The molecule has 0 amide bonds. The molecule has 1 rings (SSSR count). The van der Waals surface area contributed by atoms with Gasteiger partial charge in [0.05, 0.1) is 19.8 Å². The first kappa shape index (κ1) is 18.0. The maximum atomic E-state index is 5.74. The van der Waals surface area contributed by atoms with Crippen LogP contribution in [0.4, 0.5) is 0 Å². The molecule has 0 bridgehead atoms. The minimum absolute atomic E-state index is 0.259. The topological polar surface area (TPSA) is 39.7 Å². The lowest BCUT2D eigenvalue weighted by atomic mass is 10.0. The van der Waals surface area contributed by atoms with Gasteiger partial charge in [-0.1, -0.05) is 25.1 Å². The van der Waals surface area contributed by atoms with Gasteiger partial charge < -0.3 is 19.5 Å². The molecule has 1 N–H and O–H groups in total. The Morgan fingerprint density at radius 2 is 1.90 bits per heavy atom. The van der Waals surface area contributed by atoms with Crippen molar-refractivity contribution in [2.45, 2.75) is 32.7 Å². The lowest BCUT2D eigenvalue weighted by molar-refractivity contribution is 0.0656.